The van der Waals surface area contributed by atoms with Gasteiger partial charge < -0.3 is 30.4 Å². The average Bonchev–Trinajstić information content (AvgIpc) is 3.07. The van der Waals surface area contributed by atoms with Gasteiger partial charge in [-0.25, -0.2) is 0 Å². The largest absolute Gasteiger partial charge is 0.508 e. The molecule has 0 aromatic heterocycles. The number of fused-ring (bicyclic) bond motifs is 1. The fourth-order valence-corrected chi connectivity index (χ4v) is 4.35. The number of phenolic OH excluding ortho intramolecular Hbond substituents is 1. The Hall–Kier alpha value is -2.65. The van der Waals surface area contributed by atoms with Crippen molar-refractivity contribution in [2.75, 3.05) is 32.5 Å². The number of likely N-dealkylation sites (N-methyl/N-ethyl adjacent to an activating group) is 1. The van der Waals surface area contributed by atoms with Crippen molar-refractivity contribution in [3.8, 4) is 5.75 Å². The van der Waals surface area contributed by atoms with Gasteiger partial charge in [-0.15, -0.1) is 0 Å². The molecule has 4 N–H and O–H groups in total. The smallest absolute Gasteiger partial charge is 0.300 e. The van der Waals surface area contributed by atoms with Gasteiger partial charge in [-0.1, -0.05) is 6.07 Å². The van der Waals surface area contributed by atoms with E-state index in [1.807, 2.05) is 19.0 Å². The molecule has 1 heterocycles. The number of likely N-dealkylation sites (tertiary alicyclic amines) is 1. The monoisotopic (exact) mass is 435 g/mol. The Balaban J connectivity index is 0.000000785. The van der Waals surface area contributed by atoms with Gasteiger partial charge in [0, 0.05) is 50.7 Å². The summed E-state index contributed by atoms with van der Waals surface area (Å²) < 4.78 is 0. The normalized spacial score (nSPS) is 24.7. The predicted octanol–water partition coefficient (Wildman–Crippen LogP) is 1.36. The number of rotatable bonds is 5. The number of hydrogen-bond acceptors (Lipinski definition) is 6. The number of aliphatic carboxylic acids is 1. The number of benzene rings is 1. The number of carbonyl (C=O) groups excluding carboxylic acids is 2. The molecular weight excluding hydrogens is 402 g/mol. The van der Waals surface area contributed by atoms with E-state index in [9.17, 15) is 19.8 Å². The second-order valence-corrected chi connectivity index (χ2v) is 8.51. The van der Waals surface area contributed by atoms with Crippen LogP contribution in [0.1, 0.15) is 32.6 Å². The molecule has 4 atom stereocenters. The molecule has 2 aliphatic rings. The highest BCUT2D eigenvalue weighted by molar-refractivity contribution is 5.93. The van der Waals surface area contributed by atoms with Gasteiger partial charge in [0.1, 0.15) is 5.75 Å². The van der Waals surface area contributed by atoms with E-state index >= 15 is 0 Å². The summed E-state index contributed by atoms with van der Waals surface area (Å²) in [5, 5.41) is 29.9. The highest BCUT2D eigenvalue weighted by Gasteiger charge is 2.43. The summed E-state index contributed by atoms with van der Waals surface area (Å²) >= 11 is 0. The standard InChI is InChI=1S/C20H29N3O4.C2H4O2/c1-22(2)17-8-13-11-23(12-14(13)9-18(17)25)20(27)7-6-19(26)21-15-4-3-5-16(24)10-15;1-2(3)4/h3-5,10,13-14,17-18,24-25H,6-9,11-12H2,1-2H3,(H,21,26);1H3,(H,3,4)/t13-,14+,17-,18-;/m1./s1. The minimum Gasteiger partial charge on any atom is -0.508 e. The Morgan fingerprint density at radius 3 is 2.32 bits per heavy atom. The van der Waals surface area contributed by atoms with E-state index in [0.717, 1.165) is 26.3 Å². The minimum atomic E-state index is -0.833. The summed E-state index contributed by atoms with van der Waals surface area (Å²) in [7, 11) is 3.97. The van der Waals surface area contributed by atoms with Crippen LogP contribution in [-0.2, 0) is 14.4 Å². The molecular formula is C22H33N3O6. The number of hydrogen-bond donors (Lipinski definition) is 4. The molecule has 0 bridgehead atoms. The van der Waals surface area contributed by atoms with E-state index in [0.29, 0.717) is 24.1 Å². The molecule has 0 radical (unpaired) electrons. The molecule has 31 heavy (non-hydrogen) atoms. The lowest BCUT2D eigenvalue weighted by atomic mass is 9.77. The first-order chi connectivity index (χ1) is 14.6. The summed E-state index contributed by atoms with van der Waals surface area (Å²) in [5.41, 5.74) is 0.517. The van der Waals surface area contributed by atoms with Crippen molar-refractivity contribution in [2.24, 2.45) is 11.8 Å². The molecule has 1 aromatic carbocycles. The minimum absolute atomic E-state index is 0.00801. The molecule has 9 heteroatoms. The number of carboxylic acids is 1. The second kappa shape index (κ2) is 11.1. The van der Waals surface area contributed by atoms with E-state index in [4.69, 9.17) is 9.90 Å². The molecule has 2 amide bonds. The number of aromatic hydroxyl groups is 1. The van der Waals surface area contributed by atoms with Gasteiger partial charge in [-0.3, -0.25) is 14.4 Å². The fraction of sp³-hybridized carbons (Fsp3) is 0.591. The number of aliphatic hydroxyl groups excluding tert-OH is 1. The second-order valence-electron chi connectivity index (χ2n) is 8.51. The maximum atomic E-state index is 12.5. The van der Waals surface area contributed by atoms with Crippen LogP contribution in [0.15, 0.2) is 24.3 Å². The summed E-state index contributed by atoms with van der Waals surface area (Å²) in [6.45, 7) is 2.48. The SMILES string of the molecule is CC(=O)O.CN(C)[C@@H]1C[C@@H]2CN(C(=O)CCC(=O)Nc3cccc(O)c3)C[C@@H]2C[C@H]1O. The van der Waals surface area contributed by atoms with E-state index < -0.39 is 5.97 Å². The zero-order chi connectivity index (χ0) is 23.1. The number of amides is 2. The zero-order valence-corrected chi connectivity index (χ0v) is 18.3. The Bertz CT molecular complexity index is 780. The number of aliphatic hydroxyl groups is 1. The van der Waals surface area contributed by atoms with Crippen molar-refractivity contribution in [3.63, 3.8) is 0 Å². The number of nitrogens with zero attached hydrogens (tertiary/aromatic N) is 2. The summed E-state index contributed by atoms with van der Waals surface area (Å²) in [4.78, 5) is 37.5. The van der Waals surface area contributed by atoms with E-state index in [1.165, 1.54) is 12.1 Å². The lowest BCUT2D eigenvalue weighted by Gasteiger charge is -2.38. The Labute approximate surface area is 182 Å². The van der Waals surface area contributed by atoms with Crippen LogP contribution in [0.3, 0.4) is 0 Å². The summed E-state index contributed by atoms with van der Waals surface area (Å²) in [6.07, 6.45) is 1.58. The fourth-order valence-electron chi connectivity index (χ4n) is 4.35. The molecule has 3 rings (SSSR count). The lowest BCUT2D eigenvalue weighted by Crippen LogP contribution is -2.46. The van der Waals surface area contributed by atoms with Crippen molar-refractivity contribution in [1.29, 1.82) is 0 Å². The quantitative estimate of drug-likeness (QED) is 0.549. The van der Waals surface area contributed by atoms with Crippen molar-refractivity contribution in [2.45, 2.75) is 44.8 Å². The number of carbonyl (C=O) groups is 3. The van der Waals surface area contributed by atoms with Crippen LogP contribution < -0.4 is 5.32 Å². The Kier molecular flexibility index (Phi) is 8.82. The molecule has 0 unspecified atom stereocenters. The summed E-state index contributed by atoms with van der Waals surface area (Å²) in [5.74, 6) is -0.228. The van der Waals surface area contributed by atoms with Crippen molar-refractivity contribution < 1.29 is 29.7 Å². The molecule has 1 aliphatic carbocycles. The highest BCUT2D eigenvalue weighted by atomic mass is 16.4. The molecule has 1 aromatic rings. The number of phenols is 1. The van der Waals surface area contributed by atoms with Gasteiger partial charge in [0.15, 0.2) is 0 Å². The van der Waals surface area contributed by atoms with Gasteiger partial charge in [0.2, 0.25) is 11.8 Å². The van der Waals surface area contributed by atoms with E-state index in [1.54, 1.807) is 12.1 Å². The predicted molar refractivity (Wildman–Crippen MR) is 116 cm³/mol. The van der Waals surface area contributed by atoms with Crippen LogP contribution in [0, 0.1) is 11.8 Å². The van der Waals surface area contributed by atoms with Gasteiger partial charge in [-0.05, 0) is 50.9 Å². The topological polar surface area (TPSA) is 130 Å². The van der Waals surface area contributed by atoms with Crippen LogP contribution >= 0.6 is 0 Å². The number of carboxylic acid groups (broad SMARTS) is 1. The molecule has 1 aliphatic heterocycles. The summed E-state index contributed by atoms with van der Waals surface area (Å²) in [6, 6.07) is 6.49. The molecule has 1 saturated carbocycles. The van der Waals surface area contributed by atoms with E-state index in [-0.39, 0.29) is 42.6 Å². The molecule has 2 fully saturated rings. The average molecular weight is 436 g/mol. The van der Waals surface area contributed by atoms with E-state index in [2.05, 4.69) is 10.2 Å². The van der Waals surface area contributed by atoms with Gasteiger partial charge in [0.05, 0.1) is 6.10 Å². The Morgan fingerprint density at radius 1 is 1.13 bits per heavy atom. The molecule has 9 nitrogen and oxygen atoms in total. The zero-order valence-electron chi connectivity index (χ0n) is 18.3. The molecule has 1 saturated heterocycles. The first kappa shape index (κ1) is 24.6. The van der Waals surface area contributed by atoms with Crippen LogP contribution in [0.25, 0.3) is 0 Å². The van der Waals surface area contributed by atoms with Crippen molar-refractivity contribution in [1.82, 2.24) is 9.80 Å². The maximum Gasteiger partial charge on any atom is 0.300 e. The third-order valence-electron chi connectivity index (χ3n) is 5.82. The van der Waals surface area contributed by atoms with Gasteiger partial charge in [0.25, 0.3) is 5.97 Å². The van der Waals surface area contributed by atoms with Crippen LogP contribution in [0.5, 0.6) is 5.75 Å². The van der Waals surface area contributed by atoms with Crippen LogP contribution in [-0.4, -0.2) is 82.2 Å². The van der Waals surface area contributed by atoms with Crippen LogP contribution in [0.2, 0.25) is 0 Å². The number of nitrogens with one attached hydrogen (secondary N) is 1. The first-order valence-corrected chi connectivity index (χ1v) is 10.5. The first-order valence-electron chi connectivity index (χ1n) is 10.5. The molecule has 172 valence electrons. The third kappa shape index (κ3) is 7.52. The van der Waals surface area contributed by atoms with Crippen molar-refractivity contribution >= 4 is 23.5 Å². The highest BCUT2D eigenvalue weighted by Crippen LogP contribution is 2.38. The van der Waals surface area contributed by atoms with Gasteiger partial charge >= 0.3 is 0 Å². The maximum absolute atomic E-state index is 12.5. The van der Waals surface area contributed by atoms with Crippen molar-refractivity contribution in [3.05, 3.63) is 24.3 Å². The Morgan fingerprint density at radius 2 is 1.74 bits per heavy atom. The lowest BCUT2D eigenvalue weighted by molar-refractivity contribution is -0.134. The molecule has 0 spiro atoms. The van der Waals surface area contributed by atoms with Gasteiger partial charge in [-0.2, -0.15) is 0 Å². The van der Waals surface area contributed by atoms with Crippen LogP contribution in [0.4, 0.5) is 5.69 Å². The third-order valence-corrected chi connectivity index (χ3v) is 5.82. The number of anilines is 1.